The summed E-state index contributed by atoms with van der Waals surface area (Å²) in [6.45, 7) is 1.09. The molecule has 0 aliphatic heterocycles. The summed E-state index contributed by atoms with van der Waals surface area (Å²) in [5.74, 6) is -0.733. The molecule has 9 heteroatoms. The van der Waals surface area contributed by atoms with Crippen LogP contribution in [0.15, 0.2) is 40.1 Å². The highest BCUT2D eigenvalue weighted by atomic mass is 35.5. The third kappa shape index (κ3) is 4.55. The zero-order valence-electron chi connectivity index (χ0n) is 12.1. The topological polar surface area (TPSA) is 113 Å². The number of aromatic amines is 1. The summed E-state index contributed by atoms with van der Waals surface area (Å²) in [5, 5.41) is 5.37. The molecule has 1 aromatic heterocycles. The molecule has 0 radical (unpaired) electrons. The number of hydrogen-bond acceptors (Lipinski definition) is 4. The number of H-pyrrole nitrogens is 1. The van der Waals surface area contributed by atoms with Crippen LogP contribution in [-0.4, -0.2) is 21.4 Å². The number of carbonyl (C=O) groups is 2. The zero-order chi connectivity index (χ0) is 17.0. The number of benzene rings is 1. The minimum atomic E-state index is -0.674. The van der Waals surface area contributed by atoms with E-state index >= 15 is 0 Å². The summed E-state index contributed by atoms with van der Waals surface area (Å²) >= 11 is 6.00. The SMILES string of the molecule is CC(=O)Nc1ccc(NC(=O)Cn2ccc(=O)[nH]c2=O)cc1Cl. The first-order valence-corrected chi connectivity index (χ1v) is 6.90. The Hall–Kier alpha value is -2.87. The van der Waals surface area contributed by atoms with Gasteiger partial charge in [-0.3, -0.25) is 23.9 Å². The molecule has 3 N–H and O–H groups in total. The van der Waals surface area contributed by atoms with Crippen molar-refractivity contribution in [2.75, 3.05) is 10.6 Å². The standard InChI is InChI=1S/C14H13ClN4O4/c1-8(20)16-11-3-2-9(6-10(11)15)17-13(22)7-19-5-4-12(21)18-14(19)23/h2-6H,7H2,1H3,(H,16,20)(H,17,22)(H,18,21,23). The van der Waals surface area contributed by atoms with Gasteiger partial charge in [0.2, 0.25) is 11.8 Å². The van der Waals surface area contributed by atoms with Crippen LogP contribution in [0.1, 0.15) is 6.92 Å². The third-order valence-electron chi connectivity index (χ3n) is 2.77. The number of aromatic nitrogens is 2. The van der Waals surface area contributed by atoms with Gasteiger partial charge in [0.25, 0.3) is 5.56 Å². The van der Waals surface area contributed by atoms with E-state index in [-0.39, 0.29) is 17.5 Å². The second-order valence-electron chi connectivity index (χ2n) is 4.66. The fourth-order valence-electron chi connectivity index (χ4n) is 1.81. The summed E-state index contributed by atoms with van der Waals surface area (Å²) in [7, 11) is 0. The van der Waals surface area contributed by atoms with Crippen LogP contribution in [0, 0.1) is 0 Å². The molecular formula is C14H13ClN4O4. The number of nitrogens with one attached hydrogen (secondary N) is 3. The van der Waals surface area contributed by atoms with Crippen LogP contribution in [0.2, 0.25) is 5.02 Å². The van der Waals surface area contributed by atoms with Crippen molar-refractivity contribution < 1.29 is 9.59 Å². The summed E-state index contributed by atoms with van der Waals surface area (Å²) in [5.41, 5.74) is -0.376. The van der Waals surface area contributed by atoms with Gasteiger partial charge >= 0.3 is 5.69 Å². The van der Waals surface area contributed by atoms with Crippen LogP contribution in [-0.2, 0) is 16.1 Å². The van der Waals surface area contributed by atoms with E-state index in [1.807, 2.05) is 0 Å². The Labute approximate surface area is 135 Å². The van der Waals surface area contributed by atoms with Gasteiger partial charge in [0.1, 0.15) is 6.54 Å². The summed E-state index contributed by atoms with van der Waals surface area (Å²) in [6.07, 6.45) is 1.23. The van der Waals surface area contributed by atoms with Crippen LogP contribution >= 0.6 is 11.6 Å². The predicted octanol–water partition coefficient (Wildman–Crippen LogP) is 0.787. The maximum atomic E-state index is 11.9. The predicted molar refractivity (Wildman–Crippen MR) is 85.7 cm³/mol. The molecule has 1 aromatic carbocycles. The molecule has 23 heavy (non-hydrogen) atoms. The van der Waals surface area contributed by atoms with Crippen molar-refractivity contribution >= 4 is 34.8 Å². The van der Waals surface area contributed by atoms with E-state index in [4.69, 9.17) is 11.6 Å². The molecule has 0 spiro atoms. The van der Waals surface area contributed by atoms with Crippen LogP contribution < -0.4 is 21.9 Å². The van der Waals surface area contributed by atoms with Gasteiger partial charge in [-0.15, -0.1) is 0 Å². The minimum absolute atomic E-state index is 0.263. The van der Waals surface area contributed by atoms with Gasteiger partial charge in [-0.1, -0.05) is 11.6 Å². The van der Waals surface area contributed by atoms with Crippen molar-refractivity contribution in [1.82, 2.24) is 9.55 Å². The van der Waals surface area contributed by atoms with Gasteiger partial charge in [0, 0.05) is 24.9 Å². The van der Waals surface area contributed by atoms with E-state index in [2.05, 4.69) is 15.6 Å². The molecule has 0 fully saturated rings. The second-order valence-corrected chi connectivity index (χ2v) is 5.07. The Balaban J connectivity index is 2.08. The average molecular weight is 337 g/mol. The number of anilines is 2. The lowest BCUT2D eigenvalue weighted by molar-refractivity contribution is -0.117. The second kappa shape index (κ2) is 6.93. The van der Waals surface area contributed by atoms with Crippen molar-refractivity contribution in [2.45, 2.75) is 13.5 Å². The Kier molecular flexibility index (Phi) is 4.97. The largest absolute Gasteiger partial charge is 0.328 e. The van der Waals surface area contributed by atoms with Gasteiger partial charge in [0.05, 0.1) is 10.7 Å². The summed E-state index contributed by atoms with van der Waals surface area (Å²) in [4.78, 5) is 47.4. The first-order chi connectivity index (χ1) is 10.8. The number of nitrogens with zero attached hydrogens (tertiary/aromatic N) is 1. The summed E-state index contributed by atoms with van der Waals surface area (Å²) in [6, 6.07) is 5.73. The van der Waals surface area contributed by atoms with Crippen LogP contribution in [0.5, 0.6) is 0 Å². The first kappa shape index (κ1) is 16.5. The van der Waals surface area contributed by atoms with E-state index < -0.39 is 17.2 Å². The van der Waals surface area contributed by atoms with Gasteiger partial charge in [-0.25, -0.2) is 4.79 Å². The molecule has 0 saturated heterocycles. The smallest absolute Gasteiger partial charge is 0.325 e. The molecule has 1 heterocycles. The molecular weight excluding hydrogens is 324 g/mol. The molecule has 2 rings (SSSR count). The summed E-state index contributed by atoms with van der Waals surface area (Å²) < 4.78 is 1.06. The fourth-order valence-corrected chi connectivity index (χ4v) is 2.04. The van der Waals surface area contributed by atoms with Crippen molar-refractivity contribution in [3.63, 3.8) is 0 Å². The van der Waals surface area contributed by atoms with Crippen molar-refractivity contribution in [2.24, 2.45) is 0 Å². The molecule has 2 aromatic rings. The molecule has 0 saturated carbocycles. The Morgan fingerprint density at radius 3 is 2.57 bits per heavy atom. The van der Waals surface area contributed by atoms with Gasteiger partial charge in [-0.05, 0) is 18.2 Å². The normalized spacial score (nSPS) is 10.2. The molecule has 0 bridgehead atoms. The number of amides is 2. The van der Waals surface area contributed by atoms with E-state index in [0.717, 1.165) is 10.6 Å². The monoisotopic (exact) mass is 336 g/mol. The Morgan fingerprint density at radius 2 is 1.96 bits per heavy atom. The molecule has 0 unspecified atom stereocenters. The van der Waals surface area contributed by atoms with Crippen molar-refractivity contribution in [3.8, 4) is 0 Å². The molecule has 0 aliphatic rings. The van der Waals surface area contributed by atoms with E-state index in [1.54, 1.807) is 12.1 Å². The molecule has 2 amide bonds. The van der Waals surface area contributed by atoms with E-state index in [0.29, 0.717) is 11.4 Å². The highest BCUT2D eigenvalue weighted by Gasteiger charge is 2.08. The van der Waals surface area contributed by atoms with Crippen molar-refractivity contribution in [1.29, 1.82) is 0 Å². The Bertz CT molecular complexity index is 872. The van der Waals surface area contributed by atoms with E-state index in [9.17, 15) is 19.2 Å². The van der Waals surface area contributed by atoms with Gasteiger partial charge < -0.3 is 10.6 Å². The zero-order valence-corrected chi connectivity index (χ0v) is 12.8. The van der Waals surface area contributed by atoms with Gasteiger partial charge in [0.15, 0.2) is 0 Å². The minimum Gasteiger partial charge on any atom is -0.325 e. The molecule has 8 nitrogen and oxygen atoms in total. The number of hydrogen-bond donors (Lipinski definition) is 3. The van der Waals surface area contributed by atoms with Gasteiger partial charge in [-0.2, -0.15) is 0 Å². The highest BCUT2D eigenvalue weighted by Crippen LogP contribution is 2.25. The highest BCUT2D eigenvalue weighted by molar-refractivity contribution is 6.34. The van der Waals surface area contributed by atoms with Crippen LogP contribution in [0.4, 0.5) is 11.4 Å². The molecule has 0 atom stereocenters. The molecule has 120 valence electrons. The Morgan fingerprint density at radius 1 is 1.22 bits per heavy atom. The lowest BCUT2D eigenvalue weighted by atomic mass is 10.2. The maximum Gasteiger partial charge on any atom is 0.328 e. The van der Waals surface area contributed by atoms with Crippen LogP contribution in [0.3, 0.4) is 0 Å². The lowest BCUT2D eigenvalue weighted by Crippen LogP contribution is -2.32. The first-order valence-electron chi connectivity index (χ1n) is 6.52. The van der Waals surface area contributed by atoms with Crippen LogP contribution in [0.25, 0.3) is 0 Å². The maximum absolute atomic E-state index is 11.9. The quantitative estimate of drug-likeness (QED) is 0.765. The number of rotatable bonds is 4. The van der Waals surface area contributed by atoms with Crippen molar-refractivity contribution in [3.05, 3.63) is 56.3 Å². The fraction of sp³-hybridized carbons (Fsp3) is 0.143. The average Bonchev–Trinajstić information content (AvgIpc) is 2.44. The van der Waals surface area contributed by atoms with E-state index in [1.165, 1.54) is 19.2 Å². The lowest BCUT2D eigenvalue weighted by Gasteiger charge is -2.09. The number of halogens is 1. The third-order valence-corrected chi connectivity index (χ3v) is 3.09. The number of carbonyl (C=O) groups excluding carboxylic acids is 2. The molecule has 0 aliphatic carbocycles.